The molecule has 1 N–H and O–H groups in total. The molecular formula is C28H31ClF2N2O3S. The van der Waals surface area contributed by atoms with Crippen LogP contribution in [0.15, 0.2) is 47.5 Å². The van der Waals surface area contributed by atoms with Crippen LogP contribution in [0.2, 0.25) is 5.02 Å². The number of thioether (sulfide) groups is 1. The predicted octanol–water partition coefficient (Wildman–Crippen LogP) is 6.85. The Balaban J connectivity index is 1.35. The van der Waals surface area contributed by atoms with E-state index in [1.165, 1.54) is 17.8 Å². The third kappa shape index (κ3) is 6.92. The number of hydrogen-bond donors (Lipinski definition) is 1. The van der Waals surface area contributed by atoms with E-state index in [1.54, 1.807) is 19.4 Å². The molecule has 37 heavy (non-hydrogen) atoms. The van der Waals surface area contributed by atoms with Crippen molar-refractivity contribution in [2.45, 2.75) is 43.4 Å². The van der Waals surface area contributed by atoms with Crippen LogP contribution in [0, 0.1) is 17.0 Å². The maximum atomic E-state index is 13.9. The van der Waals surface area contributed by atoms with E-state index in [4.69, 9.17) is 16.3 Å². The summed E-state index contributed by atoms with van der Waals surface area (Å²) in [7, 11) is 1.62. The molecule has 5 nitrogen and oxygen atoms in total. The lowest BCUT2D eigenvalue weighted by Gasteiger charge is -2.41. The van der Waals surface area contributed by atoms with Gasteiger partial charge in [0, 0.05) is 28.8 Å². The van der Waals surface area contributed by atoms with Crippen molar-refractivity contribution < 1.29 is 23.4 Å². The maximum Gasteiger partial charge on any atom is 0.303 e. The Morgan fingerprint density at radius 2 is 2.03 bits per heavy atom. The molecule has 0 radical (unpaired) electrons. The number of carboxylic acids is 1. The van der Waals surface area contributed by atoms with E-state index in [0.29, 0.717) is 15.7 Å². The van der Waals surface area contributed by atoms with Crippen molar-refractivity contribution in [3.8, 4) is 5.75 Å². The minimum Gasteiger partial charge on any atom is -0.497 e. The quantitative estimate of drug-likeness (QED) is 0.264. The number of methoxy groups -OCH3 is 1. The number of pyridine rings is 1. The number of aromatic nitrogens is 1. The number of aryl methyl sites for hydroxylation is 1. The van der Waals surface area contributed by atoms with E-state index in [2.05, 4.69) is 9.88 Å². The molecule has 1 aliphatic rings. The molecule has 198 valence electrons. The van der Waals surface area contributed by atoms with Gasteiger partial charge in [0.1, 0.15) is 5.75 Å². The number of carboxylic acid groups (broad SMARTS) is 1. The normalized spacial score (nSPS) is 15.7. The van der Waals surface area contributed by atoms with Crippen LogP contribution < -0.4 is 4.74 Å². The van der Waals surface area contributed by atoms with Gasteiger partial charge in [-0.2, -0.15) is 0 Å². The highest BCUT2D eigenvalue weighted by atomic mass is 35.5. The Hall–Kier alpha value is -2.42. The summed E-state index contributed by atoms with van der Waals surface area (Å²) in [5.41, 5.74) is 1.59. The number of benzene rings is 2. The second kappa shape index (κ2) is 12.4. The predicted molar refractivity (Wildman–Crippen MR) is 144 cm³/mol. The largest absolute Gasteiger partial charge is 0.497 e. The van der Waals surface area contributed by atoms with Crippen LogP contribution in [0.5, 0.6) is 5.75 Å². The molecule has 1 aromatic heterocycles. The van der Waals surface area contributed by atoms with Crippen molar-refractivity contribution in [2.75, 3.05) is 32.5 Å². The van der Waals surface area contributed by atoms with Crippen LogP contribution in [-0.2, 0) is 11.2 Å². The number of piperidine rings is 1. The number of nitrogens with zero attached hydrogens (tertiary/aromatic N) is 2. The molecule has 0 spiro atoms. The first-order valence-electron chi connectivity index (χ1n) is 12.4. The van der Waals surface area contributed by atoms with Gasteiger partial charge in [-0.1, -0.05) is 17.7 Å². The summed E-state index contributed by atoms with van der Waals surface area (Å²) in [5, 5.41) is 11.2. The van der Waals surface area contributed by atoms with Crippen LogP contribution in [0.4, 0.5) is 8.78 Å². The number of halogens is 3. The SMILES string of the molecule is COc1ccc2ncc(Cl)c(CCCC3(CC(=O)O)CCN(CCSc4cccc(F)c4F)CC3)c2c1. The van der Waals surface area contributed by atoms with Crippen molar-refractivity contribution in [3.63, 3.8) is 0 Å². The minimum atomic E-state index is -0.832. The summed E-state index contributed by atoms with van der Waals surface area (Å²) in [6, 6.07) is 9.95. The van der Waals surface area contributed by atoms with Gasteiger partial charge < -0.3 is 14.7 Å². The Labute approximate surface area is 225 Å². The molecule has 2 heterocycles. The molecule has 1 saturated heterocycles. The second-order valence-corrected chi connectivity index (χ2v) is 11.2. The summed E-state index contributed by atoms with van der Waals surface area (Å²) in [6.45, 7) is 2.31. The van der Waals surface area contributed by atoms with Gasteiger partial charge in [0.25, 0.3) is 0 Å². The number of ether oxygens (including phenoxy) is 1. The minimum absolute atomic E-state index is 0.142. The summed E-state index contributed by atoms with van der Waals surface area (Å²) in [4.78, 5) is 18.8. The van der Waals surface area contributed by atoms with E-state index in [-0.39, 0.29) is 11.8 Å². The molecule has 4 rings (SSSR count). The molecule has 1 aliphatic heterocycles. The molecule has 0 saturated carbocycles. The van der Waals surface area contributed by atoms with Crippen LogP contribution in [0.25, 0.3) is 10.9 Å². The van der Waals surface area contributed by atoms with E-state index in [0.717, 1.165) is 80.0 Å². The molecule has 0 bridgehead atoms. The van der Waals surface area contributed by atoms with E-state index in [9.17, 15) is 18.7 Å². The highest BCUT2D eigenvalue weighted by Crippen LogP contribution is 2.41. The van der Waals surface area contributed by atoms with Crippen LogP contribution in [-0.4, -0.2) is 53.5 Å². The molecule has 0 atom stereocenters. The summed E-state index contributed by atoms with van der Waals surface area (Å²) in [5.74, 6) is -1.02. The van der Waals surface area contributed by atoms with Crippen LogP contribution in [0.3, 0.4) is 0 Å². The average molecular weight is 549 g/mol. The number of hydrogen-bond acceptors (Lipinski definition) is 5. The highest BCUT2D eigenvalue weighted by Gasteiger charge is 2.36. The van der Waals surface area contributed by atoms with E-state index < -0.39 is 17.6 Å². The number of aliphatic carboxylic acids is 1. The van der Waals surface area contributed by atoms with Crippen molar-refractivity contribution in [3.05, 3.63) is 64.8 Å². The Morgan fingerprint density at radius 1 is 1.24 bits per heavy atom. The fourth-order valence-electron chi connectivity index (χ4n) is 5.19. The lowest BCUT2D eigenvalue weighted by atomic mass is 9.72. The summed E-state index contributed by atoms with van der Waals surface area (Å²) in [6.07, 6.45) is 5.73. The topological polar surface area (TPSA) is 62.7 Å². The zero-order chi connectivity index (χ0) is 26.4. The first-order chi connectivity index (χ1) is 17.8. The number of fused-ring (bicyclic) bond motifs is 1. The van der Waals surface area contributed by atoms with Crippen LogP contribution in [0.1, 0.15) is 37.7 Å². The lowest BCUT2D eigenvalue weighted by molar-refractivity contribution is -0.140. The smallest absolute Gasteiger partial charge is 0.303 e. The highest BCUT2D eigenvalue weighted by molar-refractivity contribution is 7.99. The fraction of sp³-hybridized carbons (Fsp3) is 0.429. The van der Waals surface area contributed by atoms with Crippen molar-refractivity contribution in [2.24, 2.45) is 5.41 Å². The average Bonchev–Trinajstić information content (AvgIpc) is 2.88. The standard InChI is InChI=1S/C28H31ClF2N2O3S/c1-36-19-7-8-24-21(16-19)20(22(29)18-32-24)4-3-9-28(17-26(34)35)10-12-33(13-11-28)14-15-37-25-6-2-5-23(30)27(25)31/h2,5-8,16,18H,3-4,9-15,17H2,1H3,(H,34,35). The van der Waals surface area contributed by atoms with Gasteiger partial charge in [0.05, 0.1) is 24.1 Å². The maximum absolute atomic E-state index is 13.9. The number of rotatable bonds is 11. The second-order valence-electron chi connectivity index (χ2n) is 9.63. The molecule has 2 aromatic carbocycles. The van der Waals surface area contributed by atoms with Gasteiger partial charge in [-0.15, -0.1) is 11.8 Å². The number of carbonyl (C=O) groups is 1. The molecule has 9 heteroatoms. The monoisotopic (exact) mass is 548 g/mol. The van der Waals surface area contributed by atoms with Crippen LogP contribution >= 0.6 is 23.4 Å². The molecule has 3 aromatic rings. The van der Waals surface area contributed by atoms with Gasteiger partial charge >= 0.3 is 5.97 Å². The third-order valence-corrected chi connectivity index (χ3v) is 8.63. The van der Waals surface area contributed by atoms with E-state index >= 15 is 0 Å². The van der Waals surface area contributed by atoms with Gasteiger partial charge in [-0.05, 0) is 86.5 Å². The Morgan fingerprint density at radius 3 is 2.76 bits per heavy atom. The van der Waals surface area contributed by atoms with Crippen molar-refractivity contribution in [1.29, 1.82) is 0 Å². The van der Waals surface area contributed by atoms with Gasteiger partial charge in [0.15, 0.2) is 11.6 Å². The zero-order valence-electron chi connectivity index (χ0n) is 20.8. The third-order valence-electron chi connectivity index (χ3n) is 7.29. The lowest BCUT2D eigenvalue weighted by Crippen LogP contribution is -2.42. The number of likely N-dealkylation sites (tertiary alicyclic amines) is 1. The summed E-state index contributed by atoms with van der Waals surface area (Å²) >= 11 is 7.82. The van der Waals surface area contributed by atoms with Gasteiger partial charge in [0.2, 0.25) is 0 Å². The first-order valence-corrected chi connectivity index (χ1v) is 13.8. The van der Waals surface area contributed by atoms with Crippen molar-refractivity contribution in [1.82, 2.24) is 9.88 Å². The molecule has 0 aliphatic carbocycles. The van der Waals surface area contributed by atoms with Gasteiger partial charge in [-0.25, -0.2) is 8.78 Å². The Kier molecular flexibility index (Phi) is 9.27. The molecule has 0 unspecified atom stereocenters. The molecule has 1 fully saturated rings. The van der Waals surface area contributed by atoms with Crippen molar-refractivity contribution >= 4 is 40.2 Å². The molecule has 0 amide bonds. The molecular weight excluding hydrogens is 518 g/mol. The zero-order valence-corrected chi connectivity index (χ0v) is 22.4. The van der Waals surface area contributed by atoms with Gasteiger partial charge in [-0.3, -0.25) is 9.78 Å². The summed E-state index contributed by atoms with van der Waals surface area (Å²) < 4.78 is 32.7. The first kappa shape index (κ1) is 27.6. The fourth-order valence-corrected chi connectivity index (χ4v) is 6.40. The van der Waals surface area contributed by atoms with E-state index in [1.807, 2.05) is 18.2 Å². The Bertz CT molecular complexity index is 1250.